The van der Waals surface area contributed by atoms with E-state index >= 15 is 0 Å². The van der Waals surface area contributed by atoms with Gasteiger partial charge >= 0.3 is 0 Å². The van der Waals surface area contributed by atoms with E-state index in [1.807, 2.05) is 0 Å². The van der Waals surface area contributed by atoms with Gasteiger partial charge in [0.2, 0.25) is 5.91 Å². The molecule has 36 heavy (non-hydrogen) atoms. The second-order valence-corrected chi connectivity index (χ2v) is 9.05. The lowest BCUT2D eigenvalue weighted by molar-refractivity contribution is -0.380. The van der Waals surface area contributed by atoms with E-state index in [9.17, 15) is 50.8 Å². The van der Waals surface area contributed by atoms with Gasteiger partial charge in [0.05, 0.1) is 19.3 Å². The van der Waals surface area contributed by atoms with Gasteiger partial charge in [-0.15, -0.1) is 0 Å². The number of amides is 1. The number of hydrogen-bond acceptors (Lipinski definition) is 15. The lowest BCUT2D eigenvalue weighted by Crippen LogP contribution is -2.68. The van der Waals surface area contributed by atoms with Crippen molar-refractivity contribution >= 4 is 5.91 Å². The number of carbonyl (C=O) groups is 1. The van der Waals surface area contributed by atoms with Gasteiger partial charge in [0, 0.05) is 6.92 Å². The molecular weight excluding hydrogens is 494 g/mol. The highest BCUT2D eigenvalue weighted by molar-refractivity contribution is 5.73. The van der Waals surface area contributed by atoms with Crippen molar-refractivity contribution in [3.63, 3.8) is 0 Å². The summed E-state index contributed by atoms with van der Waals surface area (Å²) in [5.41, 5.74) is 0. The Morgan fingerprint density at radius 2 is 1.31 bits per heavy atom. The highest BCUT2D eigenvalue weighted by atomic mass is 16.8. The van der Waals surface area contributed by atoms with Crippen molar-refractivity contribution in [3.8, 4) is 0 Å². The average molecular weight is 529 g/mol. The standard InChI is InChI=1S/C20H35NO15/c1-5-10(25)13(28)15(30)19(32-5)36-17-14(29)11(26)7(3-22)34-20(17)35-16-9(21-6(2)24)18(31)33-8(4-23)12(16)27/h5,7-20,22-23,25-31H,3-4H2,1-2H3,(H,21,24)/t5-,7+,8+,9+,10+,11-,12+,13+,14-,15-,16+,17+,18?,19+,20+/m0/s1. The van der Waals surface area contributed by atoms with Crippen molar-refractivity contribution < 1.29 is 74.4 Å². The Hall–Kier alpha value is -1.09. The van der Waals surface area contributed by atoms with Crippen LogP contribution >= 0.6 is 0 Å². The molecule has 3 rings (SSSR count). The molecule has 1 unspecified atom stereocenters. The topological polar surface area (TPSA) is 257 Å². The van der Waals surface area contributed by atoms with E-state index in [1.165, 1.54) is 6.92 Å². The van der Waals surface area contributed by atoms with Gasteiger partial charge < -0.3 is 75.0 Å². The first-order valence-corrected chi connectivity index (χ1v) is 11.4. The summed E-state index contributed by atoms with van der Waals surface area (Å²) in [5.74, 6) is -0.632. The molecule has 0 spiro atoms. The largest absolute Gasteiger partial charge is 0.394 e. The van der Waals surface area contributed by atoms with Gasteiger partial charge in [-0.3, -0.25) is 4.79 Å². The predicted octanol–water partition coefficient (Wildman–Crippen LogP) is -6.40. The van der Waals surface area contributed by atoms with Gasteiger partial charge in [-0.1, -0.05) is 0 Å². The fourth-order valence-corrected chi connectivity index (χ4v) is 4.38. The van der Waals surface area contributed by atoms with Crippen molar-refractivity contribution in [1.82, 2.24) is 5.32 Å². The zero-order valence-electron chi connectivity index (χ0n) is 19.5. The lowest BCUT2D eigenvalue weighted by Gasteiger charge is -2.48. The smallest absolute Gasteiger partial charge is 0.217 e. The first-order valence-electron chi connectivity index (χ1n) is 11.4. The Bertz CT molecular complexity index is 731. The first-order chi connectivity index (χ1) is 16.9. The third kappa shape index (κ3) is 5.97. The van der Waals surface area contributed by atoms with Gasteiger partial charge in [-0.2, -0.15) is 0 Å². The Labute approximate surface area is 205 Å². The molecule has 16 heteroatoms. The highest BCUT2D eigenvalue weighted by Crippen LogP contribution is 2.32. The van der Waals surface area contributed by atoms with Crippen molar-refractivity contribution in [2.75, 3.05) is 13.2 Å². The van der Waals surface area contributed by atoms with Crippen molar-refractivity contribution in [2.45, 2.75) is 106 Å². The zero-order valence-corrected chi connectivity index (χ0v) is 19.5. The molecule has 0 radical (unpaired) electrons. The molecule has 3 aliphatic rings. The zero-order chi connectivity index (χ0) is 26.9. The average Bonchev–Trinajstić information content (AvgIpc) is 2.83. The number of rotatable bonds is 7. The summed E-state index contributed by atoms with van der Waals surface area (Å²) in [6, 6.07) is -1.39. The van der Waals surface area contributed by atoms with Gasteiger partial charge in [0.15, 0.2) is 18.9 Å². The van der Waals surface area contributed by atoms with Crippen LogP contribution in [0.1, 0.15) is 13.8 Å². The summed E-state index contributed by atoms with van der Waals surface area (Å²) in [6.45, 7) is 1.00. The molecule has 0 aromatic rings. The van der Waals surface area contributed by atoms with Crippen LogP contribution in [0.5, 0.6) is 0 Å². The number of aliphatic hydroxyl groups is 9. The number of ether oxygens (including phenoxy) is 5. The van der Waals surface area contributed by atoms with Crippen LogP contribution in [0.25, 0.3) is 0 Å². The molecule has 0 aliphatic carbocycles. The van der Waals surface area contributed by atoms with Gasteiger partial charge in [0.25, 0.3) is 0 Å². The van der Waals surface area contributed by atoms with Crippen LogP contribution in [-0.4, -0.2) is 157 Å². The van der Waals surface area contributed by atoms with Gasteiger partial charge in [-0.05, 0) is 6.92 Å². The molecule has 210 valence electrons. The number of carbonyl (C=O) groups excluding carboxylic acids is 1. The van der Waals surface area contributed by atoms with E-state index in [1.54, 1.807) is 0 Å². The summed E-state index contributed by atoms with van der Waals surface area (Å²) in [4.78, 5) is 11.7. The summed E-state index contributed by atoms with van der Waals surface area (Å²) in [5, 5.41) is 93.8. The summed E-state index contributed by atoms with van der Waals surface area (Å²) in [7, 11) is 0. The van der Waals surface area contributed by atoms with Crippen LogP contribution in [-0.2, 0) is 28.5 Å². The molecule has 3 heterocycles. The SMILES string of the molecule is CC(=O)N[C@H]1C(O)O[C@H](CO)[C@@H](O)[C@@H]1O[C@H]1O[C@H](CO)[C@H](O)[C@H](O)[C@H]1O[C@H]1O[C@@H](C)[C@@H](O)[C@@H](O)[C@@H]1O. The molecule has 3 saturated heterocycles. The van der Waals surface area contributed by atoms with Crippen molar-refractivity contribution in [2.24, 2.45) is 0 Å². The molecule has 3 fully saturated rings. The van der Waals surface area contributed by atoms with Crippen LogP contribution in [0, 0.1) is 0 Å². The highest BCUT2D eigenvalue weighted by Gasteiger charge is 2.53. The maximum absolute atomic E-state index is 11.7. The molecule has 16 nitrogen and oxygen atoms in total. The van der Waals surface area contributed by atoms with Gasteiger partial charge in [-0.25, -0.2) is 0 Å². The molecular formula is C20H35NO15. The molecule has 10 N–H and O–H groups in total. The van der Waals surface area contributed by atoms with Crippen molar-refractivity contribution in [3.05, 3.63) is 0 Å². The van der Waals surface area contributed by atoms with E-state index in [0.29, 0.717) is 0 Å². The molecule has 0 saturated carbocycles. The first kappa shape index (κ1) is 29.5. The second-order valence-electron chi connectivity index (χ2n) is 9.05. The van der Waals surface area contributed by atoms with Gasteiger partial charge in [0.1, 0.15) is 67.1 Å². The van der Waals surface area contributed by atoms with Crippen LogP contribution in [0.4, 0.5) is 0 Å². The number of nitrogens with one attached hydrogen (secondary N) is 1. The van der Waals surface area contributed by atoms with E-state index in [0.717, 1.165) is 6.92 Å². The maximum Gasteiger partial charge on any atom is 0.217 e. The fraction of sp³-hybridized carbons (Fsp3) is 0.950. The molecule has 0 aromatic carbocycles. The number of aliphatic hydroxyl groups excluding tert-OH is 9. The summed E-state index contributed by atoms with van der Waals surface area (Å²) >= 11 is 0. The maximum atomic E-state index is 11.7. The predicted molar refractivity (Wildman–Crippen MR) is 111 cm³/mol. The van der Waals surface area contributed by atoms with Crippen LogP contribution < -0.4 is 5.32 Å². The van der Waals surface area contributed by atoms with Crippen LogP contribution in [0.3, 0.4) is 0 Å². The third-order valence-corrected chi connectivity index (χ3v) is 6.46. The molecule has 1 amide bonds. The molecule has 15 atom stereocenters. The van der Waals surface area contributed by atoms with Crippen molar-refractivity contribution in [1.29, 1.82) is 0 Å². The minimum atomic E-state index is -1.83. The Balaban J connectivity index is 1.89. The normalized spacial score (nSPS) is 50.0. The van der Waals surface area contributed by atoms with E-state index in [-0.39, 0.29) is 0 Å². The summed E-state index contributed by atoms with van der Waals surface area (Å²) < 4.78 is 27.4. The van der Waals surface area contributed by atoms with E-state index in [4.69, 9.17) is 23.7 Å². The summed E-state index contributed by atoms with van der Waals surface area (Å²) in [6.07, 6.45) is -22.2. The van der Waals surface area contributed by atoms with Crippen LogP contribution in [0.2, 0.25) is 0 Å². The second kappa shape index (κ2) is 12.2. The monoisotopic (exact) mass is 529 g/mol. The Kier molecular flexibility index (Phi) is 9.97. The molecule has 0 bridgehead atoms. The fourth-order valence-electron chi connectivity index (χ4n) is 4.38. The number of hydrogen-bond donors (Lipinski definition) is 10. The van der Waals surface area contributed by atoms with E-state index in [2.05, 4.69) is 5.32 Å². The minimum Gasteiger partial charge on any atom is -0.394 e. The minimum absolute atomic E-state index is 0.632. The third-order valence-electron chi connectivity index (χ3n) is 6.46. The Morgan fingerprint density at radius 3 is 1.89 bits per heavy atom. The lowest BCUT2D eigenvalue weighted by atomic mass is 9.95. The Morgan fingerprint density at radius 1 is 0.722 bits per heavy atom. The van der Waals surface area contributed by atoms with Crippen LogP contribution in [0.15, 0.2) is 0 Å². The quantitative estimate of drug-likeness (QED) is 0.147. The molecule has 3 aliphatic heterocycles. The molecule has 0 aromatic heterocycles. The van der Waals surface area contributed by atoms with E-state index < -0.39 is 111 Å².